The number of ether oxygens (including phenoxy) is 2. The van der Waals surface area contributed by atoms with Gasteiger partial charge in [0.2, 0.25) is 0 Å². The second-order valence-electron chi connectivity index (χ2n) is 8.19. The van der Waals surface area contributed by atoms with Crippen molar-refractivity contribution in [1.82, 2.24) is 4.57 Å². The Morgan fingerprint density at radius 2 is 1.71 bits per heavy atom. The van der Waals surface area contributed by atoms with E-state index in [1.54, 1.807) is 26.0 Å². The zero-order chi connectivity index (χ0) is 25.8. The molecule has 3 rings (SSSR count). The maximum atomic E-state index is 13.6. The van der Waals surface area contributed by atoms with Crippen molar-refractivity contribution in [3.63, 3.8) is 0 Å². The fraction of sp³-hybridized carbons (Fsp3) is 0.250. The van der Waals surface area contributed by atoms with E-state index in [1.807, 2.05) is 0 Å². The lowest BCUT2D eigenvalue weighted by molar-refractivity contribution is -0.153. The van der Waals surface area contributed by atoms with Gasteiger partial charge in [-0.2, -0.15) is 13.2 Å². The molecule has 0 aliphatic carbocycles. The van der Waals surface area contributed by atoms with E-state index in [-0.39, 0.29) is 17.9 Å². The molecular formula is C24H22F4N2O5. The van der Waals surface area contributed by atoms with Gasteiger partial charge in [0.1, 0.15) is 29.5 Å². The van der Waals surface area contributed by atoms with Gasteiger partial charge < -0.3 is 19.9 Å². The van der Waals surface area contributed by atoms with Gasteiger partial charge in [0.25, 0.3) is 11.5 Å². The van der Waals surface area contributed by atoms with E-state index in [2.05, 4.69) is 10.1 Å². The average Bonchev–Trinajstić information content (AvgIpc) is 2.77. The van der Waals surface area contributed by atoms with Gasteiger partial charge in [0, 0.05) is 18.0 Å². The van der Waals surface area contributed by atoms with Gasteiger partial charge >= 0.3 is 6.18 Å². The predicted octanol–water partition coefficient (Wildman–Crippen LogP) is 4.32. The van der Waals surface area contributed by atoms with Crippen LogP contribution in [0.3, 0.4) is 0 Å². The number of aromatic nitrogens is 1. The largest absolute Gasteiger partial charge is 0.491 e. The van der Waals surface area contributed by atoms with E-state index in [4.69, 9.17) is 4.74 Å². The molecule has 0 atom stereocenters. The first-order valence-electron chi connectivity index (χ1n) is 10.3. The molecule has 0 spiro atoms. The minimum absolute atomic E-state index is 0.0559. The van der Waals surface area contributed by atoms with Crippen LogP contribution in [0.1, 0.15) is 24.2 Å². The van der Waals surface area contributed by atoms with Crippen LogP contribution in [0, 0.1) is 5.82 Å². The summed E-state index contributed by atoms with van der Waals surface area (Å²) in [5.41, 5.74) is -2.00. The van der Waals surface area contributed by atoms with Crippen LogP contribution in [-0.4, -0.2) is 40.6 Å². The quantitative estimate of drug-likeness (QED) is 0.456. The second-order valence-corrected chi connectivity index (χ2v) is 8.19. The Hall–Kier alpha value is -3.86. The topological polar surface area (TPSA) is 89.8 Å². The normalized spacial score (nSPS) is 11.7. The third-order valence-electron chi connectivity index (χ3n) is 4.47. The molecule has 0 saturated heterocycles. The fourth-order valence-corrected chi connectivity index (χ4v) is 2.91. The van der Waals surface area contributed by atoms with E-state index >= 15 is 0 Å². The Balaban J connectivity index is 1.82. The molecule has 1 amide bonds. The highest BCUT2D eigenvalue weighted by Crippen LogP contribution is 2.26. The van der Waals surface area contributed by atoms with Gasteiger partial charge in [0.15, 0.2) is 6.61 Å². The number of pyridine rings is 1. The summed E-state index contributed by atoms with van der Waals surface area (Å²) in [5, 5.41) is 12.3. The summed E-state index contributed by atoms with van der Waals surface area (Å²) in [5.74, 6) is -1.68. The molecule has 3 aromatic rings. The van der Waals surface area contributed by atoms with Crippen molar-refractivity contribution < 1.29 is 36.9 Å². The van der Waals surface area contributed by atoms with Crippen molar-refractivity contribution in [2.75, 3.05) is 18.5 Å². The number of halogens is 4. The first kappa shape index (κ1) is 25.8. The van der Waals surface area contributed by atoms with Crippen molar-refractivity contribution in [1.29, 1.82) is 0 Å². The van der Waals surface area contributed by atoms with Crippen LogP contribution >= 0.6 is 0 Å². The van der Waals surface area contributed by atoms with Gasteiger partial charge in [-0.1, -0.05) is 0 Å². The highest BCUT2D eigenvalue weighted by Gasteiger charge is 2.29. The van der Waals surface area contributed by atoms with Crippen LogP contribution in [0.5, 0.6) is 11.5 Å². The molecule has 2 N–H and O–H groups in total. The van der Waals surface area contributed by atoms with Gasteiger partial charge in [0.05, 0.1) is 11.3 Å². The second kappa shape index (κ2) is 10.2. The van der Waals surface area contributed by atoms with E-state index in [9.17, 15) is 32.3 Å². The van der Waals surface area contributed by atoms with Gasteiger partial charge in [-0.25, -0.2) is 4.39 Å². The summed E-state index contributed by atoms with van der Waals surface area (Å²) in [4.78, 5) is 25.7. The monoisotopic (exact) mass is 494 g/mol. The third-order valence-corrected chi connectivity index (χ3v) is 4.47. The van der Waals surface area contributed by atoms with E-state index in [0.717, 1.165) is 22.8 Å². The summed E-state index contributed by atoms with van der Waals surface area (Å²) in [6, 6.07) is 11.5. The molecular weight excluding hydrogens is 472 g/mol. The minimum atomic E-state index is -4.68. The number of benzene rings is 2. The molecule has 11 heteroatoms. The third kappa shape index (κ3) is 7.31. The molecule has 0 unspecified atom stereocenters. The standard InChI is InChI=1S/C24H22F4N2O5/c1-23(2,33)13-34-17-8-6-16(7-9-17)29-21(31)18-4-3-11-30(22(18)32)19-10-5-15(25)12-20(19)35-14-24(26,27)28/h3-12,33H,13-14H2,1-2H3,(H,29,31). The molecule has 1 heterocycles. The molecule has 0 aliphatic rings. The number of hydrogen-bond donors (Lipinski definition) is 2. The molecule has 7 nitrogen and oxygen atoms in total. The van der Waals surface area contributed by atoms with Crippen LogP contribution in [0.4, 0.5) is 23.2 Å². The first-order chi connectivity index (χ1) is 16.3. The Bertz CT molecular complexity index is 1250. The maximum Gasteiger partial charge on any atom is 0.422 e. The smallest absolute Gasteiger partial charge is 0.422 e. The lowest BCUT2D eigenvalue weighted by atomic mass is 10.2. The van der Waals surface area contributed by atoms with Crippen LogP contribution < -0.4 is 20.3 Å². The van der Waals surface area contributed by atoms with Crippen LogP contribution in [-0.2, 0) is 0 Å². The number of nitrogens with one attached hydrogen (secondary N) is 1. The Kier molecular flexibility index (Phi) is 7.49. The first-order valence-corrected chi connectivity index (χ1v) is 10.3. The molecule has 2 aromatic carbocycles. The predicted molar refractivity (Wildman–Crippen MR) is 120 cm³/mol. The number of carbonyl (C=O) groups excluding carboxylic acids is 1. The van der Waals surface area contributed by atoms with Crippen molar-refractivity contribution in [2.24, 2.45) is 0 Å². The lowest BCUT2D eigenvalue weighted by Crippen LogP contribution is -2.28. The number of nitrogens with zero attached hydrogens (tertiary/aromatic N) is 1. The van der Waals surface area contributed by atoms with Crippen molar-refractivity contribution in [3.05, 3.63) is 82.5 Å². The summed E-state index contributed by atoms with van der Waals surface area (Å²) in [6.07, 6.45) is -3.45. The molecule has 0 bridgehead atoms. The van der Waals surface area contributed by atoms with Gasteiger partial charge in [-0.3, -0.25) is 14.2 Å². The molecule has 0 radical (unpaired) electrons. The highest BCUT2D eigenvalue weighted by molar-refractivity contribution is 6.04. The van der Waals surface area contributed by atoms with E-state index in [1.165, 1.54) is 30.5 Å². The lowest BCUT2D eigenvalue weighted by Gasteiger charge is -2.18. The average molecular weight is 494 g/mol. The van der Waals surface area contributed by atoms with Gasteiger partial charge in [-0.15, -0.1) is 0 Å². The molecule has 0 saturated carbocycles. The number of aliphatic hydroxyl groups is 1. The number of carbonyl (C=O) groups is 1. The Morgan fingerprint density at radius 1 is 1.03 bits per heavy atom. The van der Waals surface area contributed by atoms with Crippen molar-refractivity contribution >= 4 is 11.6 Å². The molecule has 1 aromatic heterocycles. The molecule has 0 fully saturated rings. The fourth-order valence-electron chi connectivity index (χ4n) is 2.91. The summed E-state index contributed by atoms with van der Waals surface area (Å²) < 4.78 is 62.4. The Labute approximate surface area is 197 Å². The van der Waals surface area contributed by atoms with Gasteiger partial charge in [-0.05, 0) is 62.4 Å². The van der Waals surface area contributed by atoms with Crippen molar-refractivity contribution in [2.45, 2.75) is 25.6 Å². The SMILES string of the molecule is CC(C)(O)COc1ccc(NC(=O)c2cccn(-c3ccc(F)cc3OCC(F)(F)F)c2=O)cc1. The van der Waals surface area contributed by atoms with E-state index in [0.29, 0.717) is 11.4 Å². The zero-order valence-corrected chi connectivity index (χ0v) is 18.7. The Morgan fingerprint density at radius 3 is 2.34 bits per heavy atom. The number of hydrogen-bond acceptors (Lipinski definition) is 5. The highest BCUT2D eigenvalue weighted by atomic mass is 19.4. The maximum absolute atomic E-state index is 13.6. The summed E-state index contributed by atoms with van der Waals surface area (Å²) in [6.45, 7) is 1.55. The summed E-state index contributed by atoms with van der Waals surface area (Å²) >= 11 is 0. The van der Waals surface area contributed by atoms with Crippen LogP contribution in [0.25, 0.3) is 5.69 Å². The minimum Gasteiger partial charge on any atom is -0.491 e. The number of rotatable bonds is 8. The van der Waals surface area contributed by atoms with E-state index < -0.39 is 41.4 Å². The molecule has 35 heavy (non-hydrogen) atoms. The summed E-state index contributed by atoms with van der Waals surface area (Å²) in [7, 11) is 0. The van der Waals surface area contributed by atoms with Crippen molar-refractivity contribution in [3.8, 4) is 17.2 Å². The molecule has 186 valence electrons. The zero-order valence-electron chi connectivity index (χ0n) is 18.7. The number of alkyl halides is 3. The molecule has 0 aliphatic heterocycles. The van der Waals surface area contributed by atoms with Crippen LogP contribution in [0.2, 0.25) is 0 Å². The number of amides is 1. The number of anilines is 1. The van der Waals surface area contributed by atoms with Crippen LogP contribution in [0.15, 0.2) is 65.6 Å².